The minimum absolute atomic E-state index is 0. The van der Waals surface area contributed by atoms with Gasteiger partial charge in [0.2, 0.25) is 0 Å². The highest BCUT2D eigenvalue weighted by atomic mass is 35.5. The van der Waals surface area contributed by atoms with Crippen molar-refractivity contribution in [2.45, 2.75) is 6.42 Å². The summed E-state index contributed by atoms with van der Waals surface area (Å²) in [7, 11) is 0. The molecule has 1 aromatic carbocycles. The molecule has 1 aromatic rings. The van der Waals surface area contributed by atoms with Crippen LogP contribution in [0.4, 0.5) is 5.69 Å². The number of nitriles is 1. The number of hydrogen-bond donors (Lipinski definition) is 1. The van der Waals surface area contributed by atoms with E-state index < -0.39 is 0 Å². The van der Waals surface area contributed by atoms with Gasteiger partial charge in [-0.3, -0.25) is 0 Å². The Balaban J connectivity index is 0.00000121. The van der Waals surface area contributed by atoms with Gasteiger partial charge in [-0.15, -0.1) is 12.4 Å². The lowest BCUT2D eigenvalue weighted by Crippen LogP contribution is -1.99. The maximum atomic E-state index is 8.25. The van der Waals surface area contributed by atoms with Gasteiger partial charge in [0.25, 0.3) is 0 Å². The van der Waals surface area contributed by atoms with Crippen molar-refractivity contribution in [2.24, 2.45) is 0 Å². The lowest BCUT2D eigenvalue weighted by Gasteiger charge is -2.01. The molecule has 0 spiro atoms. The lowest BCUT2D eigenvalue weighted by molar-refractivity contribution is 1.08. The van der Waals surface area contributed by atoms with Crippen LogP contribution in [0.5, 0.6) is 0 Å². The number of nitrogens with one attached hydrogen (secondary N) is 1. The van der Waals surface area contributed by atoms with Crippen LogP contribution in [0.15, 0.2) is 30.3 Å². The summed E-state index contributed by atoms with van der Waals surface area (Å²) in [6.45, 7) is 0.723. The minimum atomic E-state index is 0. The van der Waals surface area contributed by atoms with Crippen molar-refractivity contribution < 1.29 is 0 Å². The van der Waals surface area contributed by atoms with Gasteiger partial charge in [-0.2, -0.15) is 5.26 Å². The summed E-state index contributed by atoms with van der Waals surface area (Å²) in [6, 6.07) is 11.9. The summed E-state index contributed by atoms with van der Waals surface area (Å²) in [5.41, 5.74) is 1.07. The van der Waals surface area contributed by atoms with Crippen LogP contribution in [0.2, 0.25) is 0 Å². The number of anilines is 1. The van der Waals surface area contributed by atoms with Crippen LogP contribution in [0, 0.1) is 11.3 Å². The average molecular weight is 183 g/mol. The molecule has 0 fully saturated rings. The molecular formula is C9H11ClN2. The van der Waals surface area contributed by atoms with Gasteiger partial charge in [-0.05, 0) is 12.1 Å². The number of hydrogen-bond acceptors (Lipinski definition) is 2. The highest BCUT2D eigenvalue weighted by Crippen LogP contribution is 2.03. The maximum absolute atomic E-state index is 8.25. The monoisotopic (exact) mass is 182 g/mol. The van der Waals surface area contributed by atoms with Gasteiger partial charge in [0.15, 0.2) is 0 Å². The first-order valence-electron chi connectivity index (χ1n) is 3.59. The van der Waals surface area contributed by atoms with Crippen molar-refractivity contribution in [1.82, 2.24) is 0 Å². The maximum Gasteiger partial charge on any atom is 0.0640 e. The van der Waals surface area contributed by atoms with E-state index in [0.29, 0.717) is 6.42 Å². The van der Waals surface area contributed by atoms with Crippen molar-refractivity contribution in [3.05, 3.63) is 30.3 Å². The molecule has 2 nitrogen and oxygen atoms in total. The van der Waals surface area contributed by atoms with Crippen molar-refractivity contribution in [3.8, 4) is 6.07 Å². The molecule has 0 unspecified atom stereocenters. The van der Waals surface area contributed by atoms with Crippen LogP contribution in [-0.4, -0.2) is 6.54 Å². The van der Waals surface area contributed by atoms with Gasteiger partial charge in [0.1, 0.15) is 0 Å². The lowest BCUT2D eigenvalue weighted by atomic mass is 10.3. The molecule has 0 heterocycles. The summed E-state index contributed by atoms with van der Waals surface area (Å²) in [5.74, 6) is 0. The molecule has 0 aliphatic carbocycles. The van der Waals surface area contributed by atoms with E-state index in [1.54, 1.807) is 0 Å². The molecule has 1 rings (SSSR count). The second kappa shape index (κ2) is 6.51. The van der Waals surface area contributed by atoms with E-state index in [-0.39, 0.29) is 12.4 Å². The zero-order valence-corrected chi connectivity index (χ0v) is 7.47. The summed E-state index contributed by atoms with van der Waals surface area (Å²) in [5, 5.41) is 11.4. The Kier molecular flexibility index (Phi) is 5.86. The highest BCUT2D eigenvalue weighted by Gasteiger charge is 1.86. The van der Waals surface area contributed by atoms with Gasteiger partial charge in [0, 0.05) is 12.2 Å². The van der Waals surface area contributed by atoms with Crippen molar-refractivity contribution >= 4 is 18.1 Å². The Morgan fingerprint density at radius 1 is 1.25 bits per heavy atom. The molecule has 0 aliphatic heterocycles. The minimum Gasteiger partial charge on any atom is -0.384 e. The first-order chi connectivity index (χ1) is 5.43. The molecule has 3 heteroatoms. The van der Waals surface area contributed by atoms with E-state index in [9.17, 15) is 0 Å². The van der Waals surface area contributed by atoms with Crippen LogP contribution >= 0.6 is 12.4 Å². The van der Waals surface area contributed by atoms with E-state index in [4.69, 9.17) is 5.26 Å². The number of rotatable bonds is 3. The zero-order valence-electron chi connectivity index (χ0n) is 6.66. The van der Waals surface area contributed by atoms with Crippen LogP contribution in [-0.2, 0) is 0 Å². The molecule has 0 bridgehead atoms. The summed E-state index contributed by atoms with van der Waals surface area (Å²) in [4.78, 5) is 0. The van der Waals surface area contributed by atoms with E-state index in [2.05, 4.69) is 11.4 Å². The normalized spacial score (nSPS) is 7.92. The van der Waals surface area contributed by atoms with E-state index in [1.165, 1.54) is 0 Å². The standard InChI is InChI=1S/C9H10N2.ClH/c10-7-4-8-11-9-5-2-1-3-6-9;/h1-3,5-6,11H,4,8H2;1H. The number of nitrogens with zero attached hydrogens (tertiary/aromatic N) is 1. The topological polar surface area (TPSA) is 35.8 Å². The fourth-order valence-electron chi connectivity index (χ4n) is 0.819. The quantitative estimate of drug-likeness (QED) is 0.729. The Bertz CT molecular complexity index is 240. The average Bonchev–Trinajstić information content (AvgIpc) is 2.07. The van der Waals surface area contributed by atoms with Crippen LogP contribution in [0.25, 0.3) is 0 Å². The predicted molar refractivity (Wildman–Crippen MR) is 52.4 cm³/mol. The molecule has 0 atom stereocenters. The van der Waals surface area contributed by atoms with Crippen LogP contribution in [0.3, 0.4) is 0 Å². The van der Waals surface area contributed by atoms with E-state index in [0.717, 1.165) is 12.2 Å². The molecule has 1 N–H and O–H groups in total. The molecule has 12 heavy (non-hydrogen) atoms. The molecule has 0 saturated heterocycles. The molecular weight excluding hydrogens is 172 g/mol. The van der Waals surface area contributed by atoms with E-state index in [1.807, 2.05) is 30.3 Å². The highest BCUT2D eigenvalue weighted by molar-refractivity contribution is 5.85. The fourth-order valence-corrected chi connectivity index (χ4v) is 0.819. The van der Waals surface area contributed by atoms with Crippen LogP contribution < -0.4 is 5.32 Å². The molecule has 64 valence electrons. The third-order valence-corrected chi connectivity index (χ3v) is 1.34. The second-order valence-corrected chi connectivity index (χ2v) is 2.20. The molecule has 0 radical (unpaired) electrons. The Morgan fingerprint density at radius 3 is 2.50 bits per heavy atom. The van der Waals surface area contributed by atoms with Gasteiger partial charge >= 0.3 is 0 Å². The third-order valence-electron chi connectivity index (χ3n) is 1.34. The SMILES string of the molecule is Cl.N#CCCNc1ccccc1. The van der Waals surface area contributed by atoms with Gasteiger partial charge in [0.05, 0.1) is 12.5 Å². The summed E-state index contributed by atoms with van der Waals surface area (Å²) >= 11 is 0. The van der Waals surface area contributed by atoms with Gasteiger partial charge in [-0.25, -0.2) is 0 Å². The van der Waals surface area contributed by atoms with Gasteiger partial charge < -0.3 is 5.32 Å². The fraction of sp³-hybridized carbons (Fsp3) is 0.222. The van der Waals surface area contributed by atoms with E-state index >= 15 is 0 Å². The Hall–Kier alpha value is -1.20. The first kappa shape index (κ1) is 10.8. The number of benzene rings is 1. The third kappa shape index (κ3) is 3.85. The van der Waals surface area contributed by atoms with Crippen molar-refractivity contribution in [3.63, 3.8) is 0 Å². The largest absolute Gasteiger partial charge is 0.384 e. The zero-order chi connectivity index (χ0) is 7.94. The van der Waals surface area contributed by atoms with Crippen molar-refractivity contribution in [1.29, 1.82) is 5.26 Å². The number of para-hydroxylation sites is 1. The molecule has 0 saturated carbocycles. The van der Waals surface area contributed by atoms with Crippen molar-refractivity contribution in [2.75, 3.05) is 11.9 Å². The molecule has 0 aliphatic rings. The molecule has 0 amide bonds. The molecule has 0 aromatic heterocycles. The summed E-state index contributed by atoms with van der Waals surface area (Å²) in [6.07, 6.45) is 0.550. The summed E-state index contributed by atoms with van der Waals surface area (Å²) < 4.78 is 0. The Labute approximate surface area is 78.6 Å². The predicted octanol–water partition coefficient (Wildman–Crippen LogP) is 2.43. The first-order valence-corrected chi connectivity index (χ1v) is 3.59. The van der Waals surface area contributed by atoms with Gasteiger partial charge in [-0.1, -0.05) is 18.2 Å². The number of halogens is 1. The smallest absolute Gasteiger partial charge is 0.0640 e. The Morgan fingerprint density at radius 2 is 1.92 bits per heavy atom. The van der Waals surface area contributed by atoms with Crippen LogP contribution in [0.1, 0.15) is 6.42 Å². The second-order valence-electron chi connectivity index (χ2n) is 2.20.